The lowest BCUT2D eigenvalue weighted by molar-refractivity contribution is -0.162. The number of hydrogen-bond acceptors (Lipinski definition) is 2. The van der Waals surface area contributed by atoms with Crippen LogP contribution >= 0.6 is 0 Å². The molecule has 0 spiro atoms. The predicted octanol–water partition coefficient (Wildman–Crippen LogP) is 1.01. The summed E-state index contributed by atoms with van der Waals surface area (Å²) in [6.07, 6.45) is 9.50. The first kappa shape index (κ1) is 12.9. The maximum Gasteiger partial charge on any atom is 0.246 e. The maximum atomic E-state index is 12.4. The van der Waals surface area contributed by atoms with Crippen molar-refractivity contribution in [2.24, 2.45) is 0 Å². The lowest BCUT2D eigenvalue weighted by atomic mass is 9.95. The van der Waals surface area contributed by atoms with Crippen LogP contribution < -0.4 is 0 Å². The van der Waals surface area contributed by atoms with Crippen molar-refractivity contribution in [1.29, 1.82) is 0 Å². The zero-order chi connectivity index (χ0) is 13.1. The first-order valence-corrected chi connectivity index (χ1v) is 6.71. The molecule has 0 radical (unpaired) electrons. The number of fused-ring (bicyclic) bond motifs is 1. The molecular formula is C14H20N2O2. The monoisotopic (exact) mass is 248 g/mol. The smallest absolute Gasteiger partial charge is 0.246 e. The van der Waals surface area contributed by atoms with Gasteiger partial charge in [-0.3, -0.25) is 9.59 Å². The molecule has 0 saturated carbocycles. The molecule has 0 aromatic heterocycles. The molecule has 2 aliphatic heterocycles. The van der Waals surface area contributed by atoms with Crippen molar-refractivity contribution in [2.75, 3.05) is 13.1 Å². The first-order valence-electron chi connectivity index (χ1n) is 6.71. The van der Waals surface area contributed by atoms with Crippen LogP contribution in [0.5, 0.6) is 0 Å². The zero-order valence-electron chi connectivity index (χ0n) is 10.9. The Labute approximate surface area is 108 Å². The summed E-state index contributed by atoms with van der Waals surface area (Å²) in [5.74, 6) is 2.78. The number of unbranched alkanes of at least 4 members (excludes halogenated alkanes) is 1. The summed E-state index contributed by atoms with van der Waals surface area (Å²) in [5.41, 5.74) is 0. The van der Waals surface area contributed by atoms with E-state index in [1.807, 2.05) is 6.92 Å². The van der Waals surface area contributed by atoms with Crippen molar-refractivity contribution in [3.05, 3.63) is 0 Å². The van der Waals surface area contributed by atoms with Gasteiger partial charge in [0.2, 0.25) is 11.8 Å². The highest BCUT2D eigenvalue weighted by Gasteiger charge is 2.44. The molecule has 98 valence electrons. The Balaban J connectivity index is 2.09. The molecular weight excluding hydrogens is 228 g/mol. The average molecular weight is 248 g/mol. The third-order valence-electron chi connectivity index (χ3n) is 3.90. The van der Waals surface area contributed by atoms with Crippen molar-refractivity contribution in [1.82, 2.24) is 9.80 Å². The Morgan fingerprint density at radius 2 is 2.11 bits per heavy atom. The molecule has 2 saturated heterocycles. The number of carbonyl (C=O) groups excluding carboxylic acids is 2. The molecule has 0 aromatic rings. The fourth-order valence-electron chi connectivity index (χ4n) is 2.86. The average Bonchev–Trinajstić information content (AvgIpc) is 2.40. The van der Waals surface area contributed by atoms with Crippen molar-refractivity contribution >= 4 is 11.8 Å². The van der Waals surface area contributed by atoms with Crippen LogP contribution in [-0.2, 0) is 9.59 Å². The summed E-state index contributed by atoms with van der Waals surface area (Å²) in [6, 6.07) is -0.544. The third kappa shape index (κ3) is 2.22. The van der Waals surface area contributed by atoms with Gasteiger partial charge in [0.25, 0.3) is 0 Å². The highest BCUT2D eigenvalue weighted by atomic mass is 16.2. The van der Waals surface area contributed by atoms with Crippen LogP contribution in [0.25, 0.3) is 0 Å². The van der Waals surface area contributed by atoms with Gasteiger partial charge in [0, 0.05) is 19.5 Å². The predicted molar refractivity (Wildman–Crippen MR) is 68.6 cm³/mol. The molecule has 2 aliphatic rings. The lowest BCUT2D eigenvalue weighted by Crippen LogP contribution is -2.65. The second kappa shape index (κ2) is 5.43. The highest BCUT2D eigenvalue weighted by molar-refractivity contribution is 5.96. The van der Waals surface area contributed by atoms with E-state index >= 15 is 0 Å². The topological polar surface area (TPSA) is 40.6 Å². The molecule has 0 N–H and O–H groups in total. The number of rotatable bonds is 3. The maximum absolute atomic E-state index is 12.4. The van der Waals surface area contributed by atoms with Gasteiger partial charge >= 0.3 is 0 Å². The second-order valence-electron chi connectivity index (χ2n) is 5.06. The normalized spacial score (nSPS) is 28.0. The molecule has 2 atom stereocenters. The van der Waals surface area contributed by atoms with Gasteiger partial charge in [0.15, 0.2) is 0 Å². The number of amides is 2. The van der Waals surface area contributed by atoms with E-state index in [0.29, 0.717) is 13.0 Å². The molecule has 0 aromatic carbocycles. The van der Waals surface area contributed by atoms with E-state index in [2.05, 4.69) is 5.92 Å². The minimum atomic E-state index is -0.329. The minimum Gasteiger partial charge on any atom is -0.329 e. The Kier molecular flexibility index (Phi) is 3.90. The summed E-state index contributed by atoms with van der Waals surface area (Å²) in [4.78, 5) is 28.1. The lowest BCUT2D eigenvalue weighted by Gasteiger charge is -2.46. The Bertz CT molecular complexity index is 386. The number of carbonyl (C=O) groups is 2. The molecule has 2 heterocycles. The molecule has 0 bridgehead atoms. The van der Waals surface area contributed by atoms with Crippen molar-refractivity contribution in [3.63, 3.8) is 0 Å². The van der Waals surface area contributed by atoms with Crippen molar-refractivity contribution in [2.45, 2.75) is 51.1 Å². The summed E-state index contributed by atoms with van der Waals surface area (Å²) in [6.45, 7) is 3.15. The van der Waals surface area contributed by atoms with Gasteiger partial charge in [-0.05, 0) is 32.6 Å². The number of piperazine rings is 1. The van der Waals surface area contributed by atoms with Gasteiger partial charge in [-0.1, -0.05) is 0 Å². The van der Waals surface area contributed by atoms with E-state index in [9.17, 15) is 9.59 Å². The van der Waals surface area contributed by atoms with E-state index in [1.54, 1.807) is 9.80 Å². The van der Waals surface area contributed by atoms with Crippen LogP contribution in [0.4, 0.5) is 0 Å². The SMILES string of the molecule is C#CCCCN1C(=O)C2CCCCN2C(=O)C1C. The molecule has 2 rings (SSSR count). The van der Waals surface area contributed by atoms with Crippen LogP contribution in [0.15, 0.2) is 0 Å². The first-order chi connectivity index (χ1) is 8.66. The summed E-state index contributed by atoms with van der Waals surface area (Å²) < 4.78 is 0. The summed E-state index contributed by atoms with van der Waals surface area (Å²) in [7, 11) is 0. The standard InChI is InChI=1S/C14H20N2O2/c1-3-4-6-9-15-11(2)13(17)16-10-7-5-8-12(16)14(15)18/h1,11-12H,4-10H2,2H3. The van der Waals surface area contributed by atoms with E-state index in [0.717, 1.165) is 32.2 Å². The van der Waals surface area contributed by atoms with Crippen LogP contribution in [0.2, 0.25) is 0 Å². The van der Waals surface area contributed by atoms with E-state index in [4.69, 9.17) is 6.42 Å². The summed E-state index contributed by atoms with van der Waals surface area (Å²) in [5, 5.41) is 0. The Morgan fingerprint density at radius 3 is 2.83 bits per heavy atom. The molecule has 2 unspecified atom stereocenters. The molecule has 2 amide bonds. The molecule has 2 fully saturated rings. The van der Waals surface area contributed by atoms with Crippen LogP contribution in [-0.4, -0.2) is 46.8 Å². The number of terminal acetylenes is 1. The zero-order valence-corrected chi connectivity index (χ0v) is 10.9. The fraction of sp³-hybridized carbons (Fsp3) is 0.714. The highest BCUT2D eigenvalue weighted by Crippen LogP contribution is 2.26. The Hall–Kier alpha value is -1.50. The molecule has 18 heavy (non-hydrogen) atoms. The van der Waals surface area contributed by atoms with Crippen molar-refractivity contribution in [3.8, 4) is 12.3 Å². The number of nitrogens with zero attached hydrogens (tertiary/aromatic N) is 2. The molecule has 4 nitrogen and oxygen atoms in total. The molecule has 0 aliphatic carbocycles. The van der Waals surface area contributed by atoms with Gasteiger partial charge in [0.1, 0.15) is 12.1 Å². The fourth-order valence-corrected chi connectivity index (χ4v) is 2.86. The van der Waals surface area contributed by atoms with E-state index < -0.39 is 0 Å². The molecule has 4 heteroatoms. The van der Waals surface area contributed by atoms with Crippen LogP contribution in [0, 0.1) is 12.3 Å². The second-order valence-corrected chi connectivity index (χ2v) is 5.06. The van der Waals surface area contributed by atoms with Gasteiger partial charge in [0.05, 0.1) is 0 Å². The Morgan fingerprint density at radius 1 is 1.33 bits per heavy atom. The summed E-state index contributed by atoms with van der Waals surface area (Å²) >= 11 is 0. The minimum absolute atomic E-state index is 0.0972. The largest absolute Gasteiger partial charge is 0.329 e. The van der Waals surface area contributed by atoms with E-state index in [-0.39, 0.29) is 23.9 Å². The van der Waals surface area contributed by atoms with Gasteiger partial charge in [-0.15, -0.1) is 12.3 Å². The van der Waals surface area contributed by atoms with E-state index in [1.165, 1.54) is 0 Å². The number of hydrogen-bond donors (Lipinski definition) is 0. The third-order valence-corrected chi connectivity index (χ3v) is 3.90. The van der Waals surface area contributed by atoms with Crippen LogP contribution in [0.3, 0.4) is 0 Å². The number of piperidine rings is 1. The quantitative estimate of drug-likeness (QED) is 0.552. The van der Waals surface area contributed by atoms with Gasteiger partial charge in [-0.25, -0.2) is 0 Å². The van der Waals surface area contributed by atoms with Crippen LogP contribution in [0.1, 0.15) is 39.0 Å². The van der Waals surface area contributed by atoms with Gasteiger partial charge < -0.3 is 9.80 Å². The van der Waals surface area contributed by atoms with Gasteiger partial charge in [-0.2, -0.15) is 0 Å². The van der Waals surface area contributed by atoms with Crippen molar-refractivity contribution < 1.29 is 9.59 Å².